The van der Waals surface area contributed by atoms with E-state index in [1.54, 1.807) is 17.6 Å². The topological polar surface area (TPSA) is 66.6 Å². The van der Waals surface area contributed by atoms with Crippen LogP contribution in [0.3, 0.4) is 0 Å². The molecule has 5 nitrogen and oxygen atoms in total. The first-order chi connectivity index (χ1) is 25.2. The molecule has 6 heteroatoms. The Morgan fingerprint density at radius 3 is 2.00 bits per heavy atom. The third-order valence-electron chi connectivity index (χ3n) is 9.55. The smallest absolute Gasteiger partial charge is 0.161 e. The average molecular weight is 673 g/mol. The maximum absolute atomic E-state index is 9.07. The Bertz CT molecular complexity index is 2990. The summed E-state index contributed by atoms with van der Waals surface area (Å²) < 4.78 is 11.3. The Morgan fingerprint density at radius 1 is 0.569 bits per heavy atom. The van der Waals surface area contributed by atoms with Gasteiger partial charge in [0.1, 0.15) is 5.58 Å². The molecule has 0 saturated heterocycles. The molecule has 0 aliphatic rings. The summed E-state index contributed by atoms with van der Waals surface area (Å²) in [5.74, 6) is 0.649. The van der Waals surface area contributed by atoms with Crippen molar-refractivity contribution in [2.75, 3.05) is 0 Å². The first-order valence-electron chi connectivity index (χ1n) is 16.8. The molecule has 0 bridgehead atoms. The van der Waals surface area contributed by atoms with Crippen molar-refractivity contribution in [2.24, 2.45) is 9.98 Å². The number of rotatable bonds is 4. The zero-order chi connectivity index (χ0) is 33.9. The van der Waals surface area contributed by atoms with Crippen LogP contribution in [0.1, 0.15) is 16.7 Å². The van der Waals surface area contributed by atoms with Crippen molar-refractivity contribution in [1.29, 1.82) is 5.41 Å². The number of aromatic nitrogens is 1. The lowest BCUT2D eigenvalue weighted by molar-refractivity contribution is 0.667. The van der Waals surface area contributed by atoms with E-state index in [2.05, 4.69) is 95.6 Å². The highest BCUT2D eigenvalue weighted by atomic mass is 32.1. The van der Waals surface area contributed by atoms with Crippen LogP contribution in [0, 0.1) is 5.41 Å². The summed E-state index contributed by atoms with van der Waals surface area (Å²) in [7, 11) is 0. The number of furan rings is 1. The molecule has 0 saturated carbocycles. The molecule has 10 aromatic rings. The lowest BCUT2D eigenvalue weighted by Crippen LogP contribution is -2.04. The molecule has 0 spiro atoms. The number of hydrogen-bond acceptors (Lipinski definition) is 3. The molecule has 3 heterocycles. The second-order valence-electron chi connectivity index (χ2n) is 12.6. The maximum Gasteiger partial charge on any atom is 0.161 e. The normalized spacial score (nSPS) is 12.4. The fraction of sp³-hybridized carbons (Fsp3) is 0. The summed E-state index contributed by atoms with van der Waals surface area (Å²) in [5.41, 5.74) is 7.60. The van der Waals surface area contributed by atoms with Crippen molar-refractivity contribution in [3.8, 4) is 5.69 Å². The lowest BCUT2D eigenvalue weighted by atomic mass is 10.1. The monoisotopic (exact) mass is 672 g/mol. The van der Waals surface area contributed by atoms with E-state index in [1.807, 2.05) is 66.7 Å². The number of fused-ring (bicyclic) bond motifs is 9. The fourth-order valence-corrected chi connectivity index (χ4v) is 8.26. The SMILES string of the molecule is N=C(N=C(N=Cc1ccccc1)c1ccccc1)c1ccc2sc3cc4oc5c(-n6c7ccccc7c7ccccc76)cccc5c4cc3c2c1. The number of amidine groups is 2. The Kier molecular flexibility index (Phi) is 6.76. The molecule has 0 radical (unpaired) electrons. The van der Waals surface area contributed by atoms with Gasteiger partial charge in [0.05, 0.1) is 16.7 Å². The van der Waals surface area contributed by atoms with Crippen LogP contribution in [0.5, 0.6) is 0 Å². The van der Waals surface area contributed by atoms with E-state index < -0.39 is 0 Å². The van der Waals surface area contributed by atoms with Gasteiger partial charge in [-0.3, -0.25) is 5.41 Å². The minimum atomic E-state index is 0.158. The molecule has 0 aliphatic carbocycles. The van der Waals surface area contributed by atoms with E-state index in [9.17, 15) is 0 Å². The minimum absolute atomic E-state index is 0.158. The van der Waals surface area contributed by atoms with Gasteiger partial charge in [0.25, 0.3) is 0 Å². The van der Waals surface area contributed by atoms with E-state index in [0.29, 0.717) is 5.84 Å². The number of nitrogens with one attached hydrogen (secondary N) is 1. The van der Waals surface area contributed by atoms with Gasteiger partial charge < -0.3 is 8.98 Å². The van der Waals surface area contributed by atoms with Gasteiger partial charge in [0.2, 0.25) is 0 Å². The van der Waals surface area contributed by atoms with Gasteiger partial charge in [-0.15, -0.1) is 11.3 Å². The molecule has 1 N–H and O–H groups in total. The van der Waals surface area contributed by atoms with Crippen LogP contribution in [-0.2, 0) is 0 Å². The predicted octanol–water partition coefficient (Wildman–Crippen LogP) is 11.9. The van der Waals surface area contributed by atoms with Crippen LogP contribution < -0.4 is 0 Å². The highest BCUT2D eigenvalue weighted by Crippen LogP contribution is 2.42. The fourth-order valence-electron chi connectivity index (χ4n) is 7.16. The average Bonchev–Trinajstić information content (AvgIpc) is 3.85. The van der Waals surface area contributed by atoms with Crippen LogP contribution in [0.4, 0.5) is 0 Å². The summed E-state index contributed by atoms with van der Waals surface area (Å²) in [6.07, 6.45) is 1.79. The Hall–Kier alpha value is -6.63. The highest BCUT2D eigenvalue weighted by molar-refractivity contribution is 7.25. The van der Waals surface area contributed by atoms with E-state index in [1.165, 1.54) is 10.8 Å². The maximum atomic E-state index is 9.07. The van der Waals surface area contributed by atoms with E-state index in [0.717, 1.165) is 75.5 Å². The lowest BCUT2D eigenvalue weighted by Gasteiger charge is -2.08. The number of para-hydroxylation sites is 3. The molecule has 51 heavy (non-hydrogen) atoms. The molecule has 0 unspecified atom stereocenters. The van der Waals surface area contributed by atoms with Crippen molar-refractivity contribution in [3.63, 3.8) is 0 Å². The summed E-state index contributed by atoms with van der Waals surface area (Å²) in [5, 5.41) is 15.9. The summed E-state index contributed by atoms with van der Waals surface area (Å²) in [6.45, 7) is 0. The van der Waals surface area contributed by atoms with E-state index >= 15 is 0 Å². The standard InChI is InChI=1S/C45H28N4OS/c46-44(48-45(29-14-5-2-6-15-29)47-27-28-12-3-1-4-13-28)30-22-23-41-35(24-30)36-25-34-33-18-11-21-39(43(33)50-40(34)26-42(36)51-41)49-37-19-9-7-16-31(37)32-17-8-10-20-38(32)49/h1-27,46H. The zero-order valence-electron chi connectivity index (χ0n) is 27.2. The Morgan fingerprint density at radius 2 is 1.24 bits per heavy atom. The van der Waals surface area contributed by atoms with E-state index in [-0.39, 0.29) is 5.84 Å². The zero-order valence-corrected chi connectivity index (χ0v) is 28.1. The molecule has 0 amide bonds. The molecule has 7 aromatic carbocycles. The number of aliphatic imine (C=N–C) groups is 2. The second kappa shape index (κ2) is 11.8. The first-order valence-corrected chi connectivity index (χ1v) is 17.6. The van der Waals surface area contributed by atoms with Crippen LogP contribution in [-0.4, -0.2) is 22.5 Å². The van der Waals surface area contributed by atoms with E-state index in [4.69, 9.17) is 19.8 Å². The number of thiophene rings is 1. The molecule has 0 atom stereocenters. The summed E-state index contributed by atoms with van der Waals surface area (Å²) in [4.78, 5) is 9.47. The van der Waals surface area contributed by atoms with Gasteiger partial charge in [-0.25, -0.2) is 9.98 Å². The molecular weight excluding hydrogens is 645 g/mol. The Balaban J connectivity index is 1.10. The van der Waals surface area contributed by atoms with Gasteiger partial charge >= 0.3 is 0 Å². The van der Waals surface area contributed by atoms with Crippen molar-refractivity contribution < 1.29 is 4.42 Å². The highest BCUT2D eigenvalue weighted by Gasteiger charge is 2.19. The van der Waals surface area contributed by atoms with Gasteiger partial charge in [-0.1, -0.05) is 109 Å². The van der Waals surface area contributed by atoms with Crippen molar-refractivity contribution >= 4 is 93.1 Å². The van der Waals surface area contributed by atoms with Crippen LogP contribution in [0.15, 0.2) is 172 Å². The third-order valence-corrected chi connectivity index (χ3v) is 10.7. The van der Waals surface area contributed by atoms with Crippen molar-refractivity contribution in [3.05, 3.63) is 174 Å². The number of benzene rings is 7. The first kappa shape index (κ1) is 29.3. The van der Waals surface area contributed by atoms with Gasteiger partial charge in [0.15, 0.2) is 17.3 Å². The largest absolute Gasteiger partial charge is 0.454 e. The van der Waals surface area contributed by atoms with Crippen molar-refractivity contribution in [2.45, 2.75) is 0 Å². The molecule has 0 aliphatic heterocycles. The molecule has 3 aromatic heterocycles. The Labute approximate surface area is 296 Å². The molecular formula is C45H28N4OS. The summed E-state index contributed by atoms with van der Waals surface area (Å²) in [6, 6.07) is 53.9. The van der Waals surface area contributed by atoms with Crippen LogP contribution in [0.2, 0.25) is 0 Å². The predicted molar refractivity (Wildman–Crippen MR) is 215 cm³/mol. The van der Waals surface area contributed by atoms with Gasteiger partial charge in [-0.2, -0.15) is 0 Å². The minimum Gasteiger partial charge on any atom is -0.454 e. The molecule has 240 valence electrons. The molecule has 0 fully saturated rings. The van der Waals surface area contributed by atoms with Gasteiger partial charge in [-0.05, 0) is 54.1 Å². The number of hydrogen-bond donors (Lipinski definition) is 1. The van der Waals surface area contributed by atoms with Crippen molar-refractivity contribution in [1.82, 2.24) is 4.57 Å². The molecule has 10 rings (SSSR count). The second-order valence-corrected chi connectivity index (χ2v) is 13.7. The quantitative estimate of drug-likeness (QED) is 0.147. The summed E-state index contributed by atoms with van der Waals surface area (Å²) >= 11 is 1.73. The third kappa shape index (κ3) is 4.88. The van der Waals surface area contributed by atoms with Crippen LogP contribution >= 0.6 is 11.3 Å². The van der Waals surface area contributed by atoms with Gasteiger partial charge in [0, 0.05) is 59.1 Å². The number of nitrogens with zero attached hydrogens (tertiary/aromatic N) is 3. The van der Waals surface area contributed by atoms with Crippen LogP contribution in [0.25, 0.3) is 69.6 Å².